The predicted molar refractivity (Wildman–Crippen MR) is 109 cm³/mol. The Morgan fingerprint density at radius 3 is 2.57 bits per heavy atom. The van der Waals surface area contributed by atoms with Crippen LogP contribution in [0, 0.1) is 28.6 Å². The summed E-state index contributed by atoms with van der Waals surface area (Å²) in [7, 11) is 0. The minimum absolute atomic E-state index is 0.165. The van der Waals surface area contributed by atoms with Gasteiger partial charge in [-0.25, -0.2) is 0 Å². The molecule has 5 rings (SSSR count). The van der Waals surface area contributed by atoms with E-state index in [4.69, 9.17) is 0 Å². The third-order valence-corrected chi connectivity index (χ3v) is 8.65. The number of nitrogens with zero attached hydrogens (tertiary/aromatic N) is 1. The first kappa shape index (κ1) is 18.0. The number of hydrogen-bond donors (Lipinski definition) is 0. The first-order valence-electron chi connectivity index (χ1n) is 10.8. The molecule has 3 unspecified atom stereocenters. The number of fused-ring (bicyclic) bond motifs is 5. The Labute approximate surface area is 167 Å². The number of ketones is 2. The number of carbonyl (C=O) groups excluding carboxylic acids is 2. The standard InChI is InChI=1S/C25H29NO2/c1-24-9-5-19(27)15-18(24)3-4-20-21(24)6-10-25(2)22(20)14-17(23(25)28)13-16-7-11-26-12-8-16/h7-8,11-13,15,20-22H,3-6,9-10,14H2,1-2H3/b17-13+/t20?,21?,22?,24-,25-/m0/s1. The molecular formula is C25H29NO2. The summed E-state index contributed by atoms with van der Waals surface area (Å²) in [6, 6.07) is 3.95. The van der Waals surface area contributed by atoms with Gasteiger partial charge in [0, 0.05) is 24.2 Å². The molecule has 1 heterocycles. The van der Waals surface area contributed by atoms with Crippen LogP contribution in [-0.2, 0) is 9.59 Å². The van der Waals surface area contributed by atoms with Gasteiger partial charge in [-0.1, -0.05) is 19.4 Å². The van der Waals surface area contributed by atoms with Gasteiger partial charge < -0.3 is 0 Å². The third-order valence-electron chi connectivity index (χ3n) is 8.65. The molecule has 0 amide bonds. The van der Waals surface area contributed by atoms with Crippen molar-refractivity contribution in [2.45, 2.75) is 58.8 Å². The number of aromatic nitrogens is 1. The van der Waals surface area contributed by atoms with Gasteiger partial charge in [-0.15, -0.1) is 0 Å². The minimum atomic E-state index is -0.206. The van der Waals surface area contributed by atoms with Crippen molar-refractivity contribution < 1.29 is 9.59 Å². The summed E-state index contributed by atoms with van der Waals surface area (Å²) < 4.78 is 0. The molecule has 3 fully saturated rings. The van der Waals surface area contributed by atoms with Gasteiger partial charge in [-0.2, -0.15) is 0 Å². The van der Waals surface area contributed by atoms with Crippen molar-refractivity contribution in [3.05, 3.63) is 47.3 Å². The SMILES string of the molecule is C[C@]12CCC(=O)C=C1CCC1C2CC[C@]2(C)C(=O)/C(=C/c3ccncc3)CC12. The van der Waals surface area contributed by atoms with Gasteiger partial charge >= 0.3 is 0 Å². The zero-order chi connectivity index (χ0) is 19.5. The average molecular weight is 376 g/mol. The zero-order valence-electron chi connectivity index (χ0n) is 16.9. The fraction of sp³-hybridized carbons (Fsp3) is 0.560. The zero-order valence-corrected chi connectivity index (χ0v) is 16.9. The Hall–Kier alpha value is -2.03. The second kappa shape index (κ2) is 6.23. The van der Waals surface area contributed by atoms with Gasteiger partial charge in [0.1, 0.15) is 0 Å². The molecule has 3 nitrogen and oxygen atoms in total. The van der Waals surface area contributed by atoms with Gasteiger partial charge in [0.05, 0.1) is 0 Å². The number of rotatable bonds is 1. The maximum atomic E-state index is 13.4. The van der Waals surface area contributed by atoms with Crippen molar-refractivity contribution in [3.63, 3.8) is 0 Å². The van der Waals surface area contributed by atoms with E-state index in [0.29, 0.717) is 35.7 Å². The largest absolute Gasteiger partial charge is 0.295 e. The van der Waals surface area contributed by atoms with Crippen LogP contribution < -0.4 is 0 Å². The molecule has 0 saturated heterocycles. The highest BCUT2D eigenvalue weighted by molar-refractivity contribution is 6.06. The maximum absolute atomic E-state index is 13.4. The van der Waals surface area contributed by atoms with Crippen LogP contribution in [0.25, 0.3) is 6.08 Å². The Kier molecular flexibility index (Phi) is 4.01. The lowest BCUT2D eigenvalue weighted by molar-refractivity contribution is -0.130. The highest BCUT2D eigenvalue weighted by Crippen LogP contribution is 2.65. The van der Waals surface area contributed by atoms with Gasteiger partial charge in [0.2, 0.25) is 0 Å². The van der Waals surface area contributed by atoms with Crippen molar-refractivity contribution >= 4 is 17.6 Å². The molecular weight excluding hydrogens is 346 g/mol. The summed E-state index contributed by atoms with van der Waals surface area (Å²) in [5.41, 5.74) is 3.43. The lowest BCUT2D eigenvalue weighted by Crippen LogP contribution is -2.50. The van der Waals surface area contributed by atoms with Gasteiger partial charge in [-0.3, -0.25) is 14.6 Å². The number of pyridine rings is 1. The molecule has 3 saturated carbocycles. The number of carbonyl (C=O) groups is 2. The van der Waals surface area contributed by atoms with Crippen LogP contribution >= 0.6 is 0 Å². The van der Waals surface area contributed by atoms with E-state index in [1.165, 1.54) is 5.57 Å². The summed E-state index contributed by atoms with van der Waals surface area (Å²) in [4.78, 5) is 29.5. The number of Topliss-reactive ketones (excluding diaryl/α,β-unsaturated/α-hetero) is 1. The van der Waals surface area contributed by atoms with Crippen LogP contribution in [-0.4, -0.2) is 16.6 Å². The molecule has 146 valence electrons. The molecule has 0 spiro atoms. The van der Waals surface area contributed by atoms with E-state index < -0.39 is 0 Å². The quantitative estimate of drug-likeness (QED) is 0.636. The smallest absolute Gasteiger partial charge is 0.165 e. The van der Waals surface area contributed by atoms with Crippen LogP contribution in [0.3, 0.4) is 0 Å². The lowest BCUT2D eigenvalue weighted by atomic mass is 9.47. The van der Waals surface area contributed by atoms with Gasteiger partial charge in [-0.05, 0) is 97.1 Å². The minimum Gasteiger partial charge on any atom is -0.295 e. The predicted octanol–water partition coefficient (Wildman–Crippen LogP) is 5.18. The highest BCUT2D eigenvalue weighted by atomic mass is 16.1. The van der Waals surface area contributed by atoms with Gasteiger partial charge in [0.15, 0.2) is 11.6 Å². The van der Waals surface area contributed by atoms with Crippen molar-refractivity contribution in [1.29, 1.82) is 0 Å². The summed E-state index contributed by atoms with van der Waals surface area (Å²) in [5.74, 6) is 2.35. The van der Waals surface area contributed by atoms with Gasteiger partial charge in [0.25, 0.3) is 0 Å². The van der Waals surface area contributed by atoms with E-state index in [2.05, 4.69) is 24.9 Å². The Morgan fingerprint density at radius 2 is 1.79 bits per heavy atom. The topological polar surface area (TPSA) is 47.0 Å². The molecule has 0 radical (unpaired) electrons. The van der Waals surface area contributed by atoms with Crippen molar-refractivity contribution in [2.24, 2.45) is 28.6 Å². The second-order valence-electron chi connectivity index (χ2n) is 9.91. The van der Waals surface area contributed by atoms with E-state index in [1.807, 2.05) is 18.2 Å². The Morgan fingerprint density at radius 1 is 1.00 bits per heavy atom. The molecule has 1 aromatic rings. The van der Waals surface area contributed by atoms with Crippen LogP contribution in [0.1, 0.15) is 64.4 Å². The molecule has 5 atom stereocenters. The second-order valence-corrected chi connectivity index (χ2v) is 9.91. The fourth-order valence-electron chi connectivity index (χ4n) is 7.02. The van der Waals surface area contributed by atoms with Crippen molar-refractivity contribution in [3.8, 4) is 0 Å². The normalized spacial score (nSPS) is 41.3. The Bertz CT molecular complexity index is 898. The molecule has 1 aromatic heterocycles. The van der Waals surface area contributed by atoms with E-state index in [-0.39, 0.29) is 10.8 Å². The summed E-state index contributed by atoms with van der Waals surface area (Å²) in [6.45, 7) is 4.62. The van der Waals surface area contributed by atoms with Crippen LogP contribution in [0.5, 0.6) is 0 Å². The molecule has 4 aliphatic carbocycles. The third kappa shape index (κ3) is 2.51. The average Bonchev–Trinajstić information content (AvgIpc) is 2.94. The molecule has 4 aliphatic rings. The molecule has 0 N–H and O–H groups in total. The Balaban J connectivity index is 1.49. The van der Waals surface area contributed by atoms with Crippen LogP contribution in [0.15, 0.2) is 41.7 Å². The van der Waals surface area contributed by atoms with E-state index >= 15 is 0 Å². The van der Waals surface area contributed by atoms with Crippen LogP contribution in [0.4, 0.5) is 0 Å². The molecule has 0 bridgehead atoms. The van der Waals surface area contributed by atoms with Crippen LogP contribution in [0.2, 0.25) is 0 Å². The monoisotopic (exact) mass is 375 g/mol. The molecule has 28 heavy (non-hydrogen) atoms. The molecule has 3 heteroatoms. The molecule has 0 aromatic carbocycles. The first-order valence-corrected chi connectivity index (χ1v) is 10.8. The lowest BCUT2D eigenvalue weighted by Gasteiger charge is -2.56. The maximum Gasteiger partial charge on any atom is 0.165 e. The molecule has 0 aliphatic heterocycles. The highest BCUT2D eigenvalue weighted by Gasteiger charge is 2.60. The van der Waals surface area contributed by atoms with Crippen molar-refractivity contribution in [2.75, 3.05) is 0 Å². The van der Waals surface area contributed by atoms with Crippen molar-refractivity contribution in [1.82, 2.24) is 4.98 Å². The summed E-state index contributed by atoms with van der Waals surface area (Å²) in [6.07, 6.45) is 14.5. The first-order chi connectivity index (χ1) is 13.4. The number of hydrogen-bond acceptors (Lipinski definition) is 3. The van der Waals surface area contributed by atoms with E-state index in [0.717, 1.165) is 49.7 Å². The summed E-state index contributed by atoms with van der Waals surface area (Å²) >= 11 is 0. The van der Waals surface area contributed by atoms with E-state index in [9.17, 15) is 9.59 Å². The summed E-state index contributed by atoms with van der Waals surface area (Å²) in [5, 5.41) is 0. The van der Waals surface area contributed by atoms with E-state index in [1.54, 1.807) is 12.4 Å². The number of allylic oxidation sites excluding steroid dienone is 2. The fourth-order valence-corrected chi connectivity index (χ4v) is 7.02.